The van der Waals surface area contributed by atoms with Gasteiger partial charge in [-0.2, -0.15) is 0 Å². The summed E-state index contributed by atoms with van der Waals surface area (Å²) in [5.74, 6) is 2.23. The topological polar surface area (TPSA) is 63.3 Å². The lowest BCUT2D eigenvalue weighted by atomic mass is 9.53. The highest BCUT2D eigenvalue weighted by molar-refractivity contribution is 6.54. The third-order valence-electron chi connectivity index (χ3n) is 4.09. The summed E-state index contributed by atoms with van der Waals surface area (Å²) >= 11 is 0. The SMILES string of the molecule is BC(=O)O.NC12CC3CC(CC(C3)C1)C2. The number of hydrogen-bond acceptors (Lipinski definition) is 2. The monoisotopic (exact) mass is 209 g/mol. The summed E-state index contributed by atoms with van der Waals surface area (Å²) in [5.41, 5.74) is 6.62. The van der Waals surface area contributed by atoms with Gasteiger partial charge < -0.3 is 10.8 Å². The van der Waals surface area contributed by atoms with Crippen LogP contribution in [-0.2, 0) is 0 Å². The minimum Gasteiger partial charge on any atom is -0.490 e. The Hall–Kier alpha value is -0.505. The Morgan fingerprint density at radius 2 is 1.40 bits per heavy atom. The van der Waals surface area contributed by atoms with Crippen molar-refractivity contribution >= 4 is 13.7 Å². The molecule has 0 aromatic heterocycles. The van der Waals surface area contributed by atoms with Crippen LogP contribution in [-0.4, -0.2) is 24.4 Å². The lowest BCUT2D eigenvalue weighted by Crippen LogP contribution is -2.55. The molecule has 0 aromatic carbocycles. The van der Waals surface area contributed by atoms with E-state index in [1.807, 2.05) is 0 Å². The fourth-order valence-electron chi connectivity index (χ4n) is 4.18. The van der Waals surface area contributed by atoms with Crippen LogP contribution in [0.4, 0.5) is 4.79 Å². The summed E-state index contributed by atoms with van der Waals surface area (Å²) in [5, 5.41) is 7.42. The molecule has 4 rings (SSSR count). The Morgan fingerprint density at radius 3 is 1.60 bits per heavy atom. The Morgan fingerprint density at radius 1 is 1.13 bits per heavy atom. The average Bonchev–Trinajstić information content (AvgIpc) is 1.96. The first kappa shape index (κ1) is 11.0. The molecule has 4 fully saturated rings. The quantitative estimate of drug-likeness (QED) is 0.589. The smallest absolute Gasteiger partial charge is 0.242 e. The normalized spacial score (nSPS) is 45.8. The molecule has 4 bridgehead atoms. The van der Waals surface area contributed by atoms with Gasteiger partial charge >= 0.3 is 0 Å². The minimum absolute atomic E-state index is 0.300. The van der Waals surface area contributed by atoms with E-state index in [0.717, 1.165) is 25.6 Å². The molecule has 4 aliphatic rings. The summed E-state index contributed by atoms with van der Waals surface area (Å²) in [6.45, 7) is 0. The zero-order chi connectivity index (χ0) is 11.1. The van der Waals surface area contributed by atoms with E-state index in [1.165, 1.54) is 38.5 Å². The molecule has 3 N–H and O–H groups in total. The van der Waals surface area contributed by atoms with Gasteiger partial charge in [0.05, 0.1) is 0 Å². The van der Waals surface area contributed by atoms with E-state index in [9.17, 15) is 0 Å². The molecule has 0 aromatic rings. The van der Waals surface area contributed by atoms with Gasteiger partial charge in [0.2, 0.25) is 13.7 Å². The maximum atomic E-state index is 9.00. The first-order valence-corrected chi connectivity index (χ1v) is 5.95. The molecule has 0 spiro atoms. The van der Waals surface area contributed by atoms with Gasteiger partial charge in [0.15, 0.2) is 0 Å². The summed E-state index contributed by atoms with van der Waals surface area (Å²) in [7, 11) is 1.08. The average molecular weight is 209 g/mol. The van der Waals surface area contributed by atoms with Crippen LogP contribution < -0.4 is 5.73 Å². The molecule has 0 unspecified atom stereocenters. The molecule has 4 saturated carbocycles. The second kappa shape index (κ2) is 3.82. The molecule has 15 heavy (non-hydrogen) atoms. The first-order chi connectivity index (χ1) is 6.97. The highest BCUT2D eigenvalue weighted by Crippen LogP contribution is 2.54. The fourth-order valence-corrected chi connectivity index (χ4v) is 4.18. The van der Waals surface area contributed by atoms with Crippen LogP contribution >= 0.6 is 0 Å². The van der Waals surface area contributed by atoms with Gasteiger partial charge in [-0.25, -0.2) is 0 Å². The van der Waals surface area contributed by atoms with E-state index < -0.39 is 5.87 Å². The molecule has 0 amide bonds. The van der Waals surface area contributed by atoms with Crippen LogP contribution in [0, 0.1) is 17.8 Å². The Labute approximate surface area is 91.8 Å². The lowest BCUT2D eigenvalue weighted by molar-refractivity contribution is 0.000364. The largest absolute Gasteiger partial charge is 0.490 e. The van der Waals surface area contributed by atoms with Crippen molar-refractivity contribution in [2.75, 3.05) is 0 Å². The van der Waals surface area contributed by atoms with Gasteiger partial charge in [0, 0.05) is 5.54 Å². The predicted molar refractivity (Wildman–Crippen MR) is 61.7 cm³/mol. The van der Waals surface area contributed by atoms with Gasteiger partial charge in [-0.15, -0.1) is 0 Å². The molecule has 0 heterocycles. The van der Waals surface area contributed by atoms with Crippen LogP contribution in [0.1, 0.15) is 38.5 Å². The van der Waals surface area contributed by atoms with Crippen LogP contribution in [0.2, 0.25) is 0 Å². The summed E-state index contributed by atoms with van der Waals surface area (Å²) in [4.78, 5) is 9.00. The number of rotatable bonds is 0. The van der Waals surface area contributed by atoms with E-state index >= 15 is 0 Å². The standard InChI is InChI=1S/C10H17N.CH3BO2/c11-10-4-7-1-8(5-10)3-9(2-7)6-10;2-1(3)4/h7-9H,1-6,11H2;2H2,(H,3,4). The highest BCUT2D eigenvalue weighted by atomic mass is 16.4. The van der Waals surface area contributed by atoms with E-state index in [2.05, 4.69) is 0 Å². The van der Waals surface area contributed by atoms with Crippen molar-refractivity contribution in [3.05, 3.63) is 0 Å². The second-order valence-corrected chi connectivity index (χ2v) is 5.80. The zero-order valence-electron chi connectivity index (χ0n) is 9.41. The Balaban J connectivity index is 0.000000188. The van der Waals surface area contributed by atoms with Crippen molar-refractivity contribution in [2.24, 2.45) is 23.5 Å². The van der Waals surface area contributed by atoms with E-state index in [0.29, 0.717) is 5.54 Å². The Kier molecular flexibility index (Phi) is 2.80. The van der Waals surface area contributed by atoms with E-state index in [1.54, 1.807) is 0 Å². The molecule has 84 valence electrons. The second-order valence-electron chi connectivity index (χ2n) is 5.80. The van der Waals surface area contributed by atoms with Crippen molar-refractivity contribution in [1.82, 2.24) is 0 Å². The van der Waals surface area contributed by atoms with Crippen LogP contribution in [0.5, 0.6) is 0 Å². The van der Waals surface area contributed by atoms with Gasteiger partial charge in [-0.05, 0) is 56.3 Å². The maximum absolute atomic E-state index is 9.00. The third-order valence-corrected chi connectivity index (χ3v) is 4.09. The van der Waals surface area contributed by atoms with Crippen molar-refractivity contribution < 1.29 is 9.90 Å². The molecule has 0 aliphatic heterocycles. The van der Waals surface area contributed by atoms with Crippen LogP contribution in [0.15, 0.2) is 0 Å². The van der Waals surface area contributed by atoms with Gasteiger partial charge in [0.25, 0.3) is 0 Å². The molecular weight excluding hydrogens is 189 g/mol. The molecular formula is C11H20BNO2. The third kappa shape index (κ3) is 2.54. The lowest BCUT2D eigenvalue weighted by Gasteiger charge is -2.55. The molecule has 0 saturated heterocycles. The highest BCUT2D eigenvalue weighted by Gasteiger charge is 2.48. The molecule has 0 radical (unpaired) electrons. The molecule has 3 nitrogen and oxygen atoms in total. The van der Waals surface area contributed by atoms with Crippen LogP contribution in [0.3, 0.4) is 0 Å². The van der Waals surface area contributed by atoms with Gasteiger partial charge in [-0.3, -0.25) is 4.79 Å². The van der Waals surface area contributed by atoms with Crippen molar-refractivity contribution in [2.45, 2.75) is 44.1 Å². The molecule has 0 atom stereocenters. The van der Waals surface area contributed by atoms with Gasteiger partial charge in [0.1, 0.15) is 0 Å². The first-order valence-electron chi connectivity index (χ1n) is 5.95. The summed E-state index contributed by atoms with van der Waals surface area (Å²) < 4.78 is 0. The van der Waals surface area contributed by atoms with Crippen molar-refractivity contribution in [1.29, 1.82) is 0 Å². The zero-order valence-corrected chi connectivity index (χ0v) is 9.41. The molecule has 4 aliphatic carbocycles. The van der Waals surface area contributed by atoms with Gasteiger partial charge in [-0.1, -0.05) is 0 Å². The Bertz CT molecular complexity index is 228. The summed E-state index contributed by atoms with van der Waals surface area (Å²) in [6.07, 6.45) is 8.57. The van der Waals surface area contributed by atoms with E-state index in [4.69, 9.17) is 15.6 Å². The number of carboxylic acid groups (broad SMARTS) is 1. The predicted octanol–water partition coefficient (Wildman–Crippen LogP) is 1.21. The molecule has 4 heteroatoms. The maximum Gasteiger partial charge on any atom is 0.242 e. The van der Waals surface area contributed by atoms with Crippen molar-refractivity contribution in [3.63, 3.8) is 0 Å². The van der Waals surface area contributed by atoms with Crippen molar-refractivity contribution in [3.8, 4) is 0 Å². The fraction of sp³-hybridized carbons (Fsp3) is 0.909. The number of nitrogens with two attached hydrogens (primary N) is 1. The number of carbonyl (C=O) groups is 1. The number of hydrogen-bond donors (Lipinski definition) is 2. The van der Waals surface area contributed by atoms with E-state index in [-0.39, 0.29) is 0 Å². The minimum atomic E-state index is -0.833. The van der Waals surface area contributed by atoms with Crippen LogP contribution in [0.25, 0.3) is 0 Å². The summed E-state index contributed by atoms with van der Waals surface area (Å²) in [6, 6.07) is 0.